The maximum absolute atomic E-state index is 13.8. The predicted octanol–water partition coefficient (Wildman–Crippen LogP) is 1.81. The molecule has 1 aromatic carbocycles. The Hall–Kier alpha value is -3.27. The lowest BCUT2D eigenvalue weighted by Crippen LogP contribution is -2.11. The van der Waals surface area contributed by atoms with Crippen LogP contribution >= 0.6 is 0 Å². The van der Waals surface area contributed by atoms with E-state index in [9.17, 15) is 9.18 Å². The topological polar surface area (TPSA) is 97.1 Å². The van der Waals surface area contributed by atoms with Crippen molar-refractivity contribution in [1.82, 2.24) is 14.6 Å². The van der Waals surface area contributed by atoms with Crippen molar-refractivity contribution in [1.29, 1.82) is 5.26 Å². The van der Waals surface area contributed by atoms with Crippen LogP contribution in [0.15, 0.2) is 30.5 Å². The SMILES string of the molecule is Cc1cc(-c2cccc(F)c2C#N)nc2c(C(N)=O)cnn12. The molecule has 0 unspecified atom stereocenters. The molecule has 22 heavy (non-hydrogen) atoms. The number of hydrogen-bond donors (Lipinski definition) is 1. The van der Waals surface area contributed by atoms with Gasteiger partial charge in [0.25, 0.3) is 5.91 Å². The van der Waals surface area contributed by atoms with Crippen LogP contribution in [0.2, 0.25) is 0 Å². The van der Waals surface area contributed by atoms with Crippen molar-refractivity contribution in [2.45, 2.75) is 6.92 Å². The molecule has 2 N–H and O–H groups in total. The van der Waals surface area contributed by atoms with Gasteiger partial charge in [-0.05, 0) is 19.1 Å². The minimum Gasteiger partial charge on any atom is -0.365 e. The van der Waals surface area contributed by atoms with Gasteiger partial charge in [0.05, 0.1) is 17.5 Å². The summed E-state index contributed by atoms with van der Waals surface area (Å²) < 4.78 is 15.2. The molecule has 3 aromatic rings. The number of hydrogen-bond acceptors (Lipinski definition) is 4. The van der Waals surface area contributed by atoms with Gasteiger partial charge in [-0.15, -0.1) is 0 Å². The molecule has 108 valence electrons. The van der Waals surface area contributed by atoms with E-state index in [1.807, 2.05) is 6.07 Å². The van der Waals surface area contributed by atoms with E-state index in [0.29, 0.717) is 17.0 Å². The fraction of sp³-hybridized carbons (Fsp3) is 0.0667. The summed E-state index contributed by atoms with van der Waals surface area (Å²) in [5.74, 6) is -1.28. The summed E-state index contributed by atoms with van der Waals surface area (Å²) in [6.07, 6.45) is 1.33. The molecule has 0 saturated heterocycles. The lowest BCUT2D eigenvalue weighted by Gasteiger charge is -2.07. The van der Waals surface area contributed by atoms with Crippen LogP contribution in [-0.4, -0.2) is 20.5 Å². The van der Waals surface area contributed by atoms with Crippen molar-refractivity contribution in [3.05, 3.63) is 53.1 Å². The molecule has 7 heteroatoms. The van der Waals surface area contributed by atoms with Crippen molar-refractivity contribution >= 4 is 11.6 Å². The number of benzene rings is 1. The molecule has 2 heterocycles. The number of rotatable bonds is 2. The number of nitrogens with zero attached hydrogens (tertiary/aromatic N) is 4. The van der Waals surface area contributed by atoms with Crippen LogP contribution in [0.4, 0.5) is 4.39 Å². The summed E-state index contributed by atoms with van der Waals surface area (Å²) in [5, 5.41) is 13.2. The highest BCUT2D eigenvalue weighted by Crippen LogP contribution is 2.25. The number of carbonyl (C=O) groups is 1. The quantitative estimate of drug-likeness (QED) is 0.779. The molecular weight excluding hydrogens is 285 g/mol. The average Bonchev–Trinajstić information content (AvgIpc) is 2.91. The largest absolute Gasteiger partial charge is 0.365 e. The number of aryl methyl sites for hydroxylation is 1. The van der Waals surface area contributed by atoms with Gasteiger partial charge in [-0.2, -0.15) is 10.4 Å². The molecule has 0 saturated carbocycles. The highest BCUT2D eigenvalue weighted by atomic mass is 19.1. The van der Waals surface area contributed by atoms with Gasteiger partial charge in [0.1, 0.15) is 17.4 Å². The van der Waals surface area contributed by atoms with E-state index in [0.717, 1.165) is 0 Å². The van der Waals surface area contributed by atoms with Crippen LogP contribution < -0.4 is 5.73 Å². The maximum atomic E-state index is 13.8. The van der Waals surface area contributed by atoms with E-state index < -0.39 is 11.7 Å². The van der Waals surface area contributed by atoms with E-state index >= 15 is 0 Å². The lowest BCUT2D eigenvalue weighted by molar-refractivity contribution is 0.100. The molecule has 0 radical (unpaired) electrons. The van der Waals surface area contributed by atoms with Gasteiger partial charge < -0.3 is 5.73 Å². The number of aromatic nitrogens is 3. The summed E-state index contributed by atoms with van der Waals surface area (Å²) in [4.78, 5) is 15.7. The smallest absolute Gasteiger partial charge is 0.254 e. The van der Waals surface area contributed by atoms with Crippen LogP contribution in [0.25, 0.3) is 16.9 Å². The number of carbonyl (C=O) groups excluding carboxylic acids is 1. The zero-order valence-electron chi connectivity index (χ0n) is 11.5. The Kier molecular flexibility index (Phi) is 3.07. The zero-order chi connectivity index (χ0) is 15.9. The van der Waals surface area contributed by atoms with Gasteiger partial charge in [0, 0.05) is 11.3 Å². The minimum atomic E-state index is -0.654. The first kappa shape index (κ1) is 13.7. The molecule has 0 fully saturated rings. The van der Waals surface area contributed by atoms with Crippen LogP contribution in [0, 0.1) is 24.1 Å². The lowest BCUT2D eigenvalue weighted by atomic mass is 10.0. The third-order valence-electron chi connectivity index (χ3n) is 3.32. The first-order chi connectivity index (χ1) is 10.5. The Morgan fingerprint density at radius 1 is 1.45 bits per heavy atom. The first-order valence-corrected chi connectivity index (χ1v) is 6.37. The van der Waals surface area contributed by atoms with Gasteiger partial charge in [-0.3, -0.25) is 4.79 Å². The number of halogens is 1. The molecular formula is C15H10FN5O. The van der Waals surface area contributed by atoms with E-state index in [4.69, 9.17) is 11.0 Å². The molecule has 6 nitrogen and oxygen atoms in total. The minimum absolute atomic E-state index is 0.0982. The molecule has 0 aliphatic carbocycles. The summed E-state index contributed by atoms with van der Waals surface area (Å²) >= 11 is 0. The van der Waals surface area contributed by atoms with Crippen LogP contribution in [0.5, 0.6) is 0 Å². The van der Waals surface area contributed by atoms with E-state index in [1.165, 1.54) is 22.8 Å². The zero-order valence-corrected chi connectivity index (χ0v) is 11.5. The van der Waals surface area contributed by atoms with Crippen molar-refractivity contribution < 1.29 is 9.18 Å². The molecule has 0 bridgehead atoms. The number of primary amides is 1. The Bertz CT molecular complexity index is 954. The second kappa shape index (κ2) is 4.93. The fourth-order valence-corrected chi connectivity index (χ4v) is 2.28. The maximum Gasteiger partial charge on any atom is 0.254 e. The van der Waals surface area contributed by atoms with Crippen molar-refractivity contribution in [3.8, 4) is 17.3 Å². The predicted molar refractivity (Wildman–Crippen MR) is 76.4 cm³/mol. The summed E-state index contributed by atoms with van der Waals surface area (Å²) in [7, 11) is 0. The van der Waals surface area contributed by atoms with Crippen LogP contribution in [0.3, 0.4) is 0 Å². The van der Waals surface area contributed by atoms with Gasteiger partial charge in [0.15, 0.2) is 5.65 Å². The third kappa shape index (κ3) is 1.98. The normalized spacial score (nSPS) is 10.6. The van der Waals surface area contributed by atoms with Crippen molar-refractivity contribution in [3.63, 3.8) is 0 Å². The fourth-order valence-electron chi connectivity index (χ4n) is 2.28. The van der Waals surface area contributed by atoms with Crippen molar-refractivity contribution in [2.75, 3.05) is 0 Å². The highest BCUT2D eigenvalue weighted by Gasteiger charge is 2.16. The highest BCUT2D eigenvalue weighted by molar-refractivity contribution is 5.98. The number of nitriles is 1. The average molecular weight is 295 g/mol. The monoisotopic (exact) mass is 295 g/mol. The summed E-state index contributed by atoms with van der Waals surface area (Å²) in [6, 6.07) is 7.80. The van der Waals surface area contributed by atoms with Gasteiger partial charge in [-0.1, -0.05) is 12.1 Å². The van der Waals surface area contributed by atoms with E-state index in [1.54, 1.807) is 19.1 Å². The first-order valence-electron chi connectivity index (χ1n) is 6.37. The summed E-state index contributed by atoms with van der Waals surface area (Å²) in [5.41, 5.74) is 7.05. The molecule has 1 amide bonds. The molecule has 0 aliphatic heterocycles. The Morgan fingerprint density at radius 3 is 2.91 bits per heavy atom. The van der Waals surface area contributed by atoms with Gasteiger partial charge >= 0.3 is 0 Å². The van der Waals surface area contributed by atoms with E-state index in [2.05, 4.69) is 10.1 Å². The number of amides is 1. The van der Waals surface area contributed by atoms with E-state index in [-0.39, 0.29) is 16.8 Å². The molecule has 0 atom stereocenters. The number of nitrogens with two attached hydrogens (primary N) is 1. The molecule has 2 aromatic heterocycles. The standard InChI is InChI=1S/C15H10FN5O/c1-8-5-13(9-3-2-4-12(16)10(9)6-17)20-15-11(14(18)22)7-19-21(8)15/h2-5,7H,1H3,(H2,18,22). The second-order valence-electron chi connectivity index (χ2n) is 4.71. The van der Waals surface area contributed by atoms with Crippen molar-refractivity contribution in [2.24, 2.45) is 5.73 Å². The molecule has 0 aliphatic rings. The summed E-state index contributed by atoms with van der Waals surface area (Å²) in [6.45, 7) is 1.77. The van der Waals surface area contributed by atoms with Gasteiger partial charge in [0.2, 0.25) is 0 Å². The Balaban J connectivity index is 2.34. The number of fused-ring (bicyclic) bond motifs is 1. The molecule has 0 spiro atoms. The van der Waals surface area contributed by atoms with Gasteiger partial charge in [-0.25, -0.2) is 13.9 Å². The van der Waals surface area contributed by atoms with Crippen LogP contribution in [-0.2, 0) is 0 Å². The Morgan fingerprint density at radius 2 is 2.23 bits per heavy atom. The molecule has 3 rings (SSSR count). The van der Waals surface area contributed by atoms with Crippen LogP contribution in [0.1, 0.15) is 21.6 Å². The Labute approximate surface area is 124 Å². The second-order valence-corrected chi connectivity index (χ2v) is 4.71. The third-order valence-corrected chi connectivity index (χ3v) is 3.32.